The van der Waals surface area contributed by atoms with Crippen molar-refractivity contribution in [3.63, 3.8) is 0 Å². The van der Waals surface area contributed by atoms with Crippen molar-refractivity contribution in [2.45, 2.75) is 0 Å². The molecule has 0 aliphatic carbocycles. The molecule has 0 unspecified atom stereocenters. The third-order valence-corrected chi connectivity index (χ3v) is 3.72. The molecule has 6 nitrogen and oxygen atoms in total. The van der Waals surface area contributed by atoms with Crippen LogP contribution in [-0.4, -0.2) is 24.0 Å². The lowest BCUT2D eigenvalue weighted by Gasteiger charge is -2.10. The van der Waals surface area contributed by atoms with Crippen molar-refractivity contribution < 1.29 is 9.50 Å². The minimum Gasteiger partial charge on any atom is -0.503 e. The van der Waals surface area contributed by atoms with Crippen molar-refractivity contribution in [1.29, 1.82) is 0 Å². The first kappa shape index (κ1) is 14.1. The summed E-state index contributed by atoms with van der Waals surface area (Å²) >= 11 is 0. The first-order chi connectivity index (χ1) is 11.6. The van der Waals surface area contributed by atoms with Gasteiger partial charge in [0.2, 0.25) is 5.43 Å². The van der Waals surface area contributed by atoms with Gasteiger partial charge >= 0.3 is 0 Å². The van der Waals surface area contributed by atoms with Crippen LogP contribution in [-0.2, 0) is 0 Å². The van der Waals surface area contributed by atoms with Gasteiger partial charge in [0.1, 0.15) is 5.65 Å². The molecule has 1 N–H and O–H groups in total. The Morgan fingerprint density at radius 1 is 1.00 bits per heavy atom. The number of rotatable bonds is 2. The Labute approximate surface area is 135 Å². The Kier molecular flexibility index (Phi) is 3.13. The Hall–Kier alpha value is -3.48. The van der Waals surface area contributed by atoms with Crippen LogP contribution in [0.4, 0.5) is 4.39 Å². The van der Waals surface area contributed by atoms with Crippen molar-refractivity contribution in [2.24, 2.45) is 0 Å². The molecule has 0 saturated carbocycles. The largest absolute Gasteiger partial charge is 0.503 e. The molecule has 0 amide bonds. The van der Waals surface area contributed by atoms with Crippen LogP contribution in [0.3, 0.4) is 0 Å². The zero-order chi connectivity index (χ0) is 16.7. The molecule has 7 heteroatoms. The molecular weight excluding hydrogens is 311 g/mol. The van der Waals surface area contributed by atoms with Gasteiger partial charge in [-0.3, -0.25) is 4.79 Å². The van der Waals surface area contributed by atoms with Crippen molar-refractivity contribution in [1.82, 2.24) is 18.9 Å². The summed E-state index contributed by atoms with van der Waals surface area (Å²) in [5.74, 6) is -1.03. The van der Waals surface area contributed by atoms with Gasteiger partial charge in [-0.05, 0) is 18.2 Å². The summed E-state index contributed by atoms with van der Waals surface area (Å²) in [7, 11) is 0. The van der Waals surface area contributed by atoms with Crippen LogP contribution < -0.4 is 5.43 Å². The molecule has 4 aromatic rings. The second kappa shape index (κ2) is 5.31. The molecular formula is C17H11FN4O2. The first-order valence-corrected chi connectivity index (χ1v) is 7.13. The quantitative estimate of drug-likeness (QED) is 0.615. The van der Waals surface area contributed by atoms with Gasteiger partial charge in [-0.25, -0.2) is 14.4 Å². The number of pyridine rings is 3. The van der Waals surface area contributed by atoms with Gasteiger partial charge in [0.25, 0.3) is 0 Å². The molecule has 0 fully saturated rings. The van der Waals surface area contributed by atoms with Crippen LogP contribution in [0, 0.1) is 5.82 Å². The summed E-state index contributed by atoms with van der Waals surface area (Å²) in [6.45, 7) is 0. The topological polar surface area (TPSA) is 72.4 Å². The van der Waals surface area contributed by atoms with Crippen molar-refractivity contribution in [2.75, 3.05) is 0 Å². The number of aromatic nitrogens is 4. The third kappa shape index (κ3) is 2.23. The van der Waals surface area contributed by atoms with Gasteiger partial charge in [0.15, 0.2) is 17.4 Å². The summed E-state index contributed by atoms with van der Waals surface area (Å²) in [6.07, 6.45) is 9.18. The van der Waals surface area contributed by atoms with E-state index in [-0.39, 0.29) is 5.82 Å². The first-order valence-electron chi connectivity index (χ1n) is 7.13. The maximum Gasteiger partial charge on any atom is 0.223 e. The second-order valence-electron chi connectivity index (χ2n) is 5.21. The van der Waals surface area contributed by atoms with Crippen LogP contribution in [0.5, 0.6) is 5.75 Å². The highest BCUT2D eigenvalue weighted by atomic mass is 19.1. The van der Waals surface area contributed by atoms with Crippen molar-refractivity contribution in [3.05, 3.63) is 77.5 Å². The summed E-state index contributed by atoms with van der Waals surface area (Å²) < 4.78 is 18.0. The van der Waals surface area contributed by atoms with E-state index in [2.05, 4.69) is 9.97 Å². The molecule has 0 bridgehead atoms. The smallest absolute Gasteiger partial charge is 0.223 e. The lowest BCUT2D eigenvalue weighted by atomic mass is 10.1. The van der Waals surface area contributed by atoms with Gasteiger partial charge in [0.05, 0.1) is 6.20 Å². The molecule has 118 valence electrons. The summed E-state index contributed by atoms with van der Waals surface area (Å²) in [6, 6.07) is 6.29. The number of aromatic hydroxyl groups is 1. The minimum atomic E-state index is -0.556. The Morgan fingerprint density at radius 3 is 2.71 bits per heavy atom. The van der Waals surface area contributed by atoms with E-state index >= 15 is 0 Å². The molecule has 4 rings (SSSR count). The Morgan fingerprint density at radius 2 is 1.88 bits per heavy atom. The van der Waals surface area contributed by atoms with Gasteiger partial charge in [0, 0.05) is 48.2 Å². The number of fused-ring (bicyclic) bond motifs is 1. The lowest BCUT2D eigenvalue weighted by molar-refractivity contribution is 0.464. The molecule has 0 aliphatic heterocycles. The van der Waals surface area contributed by atoms with E-state index in [1.54, 1.807) is 41.2 Å². The highest BCUT2D eigenvalue weighted by Crippen LogP contribution is 2.26. The number of halogens is 1. The zero-order valence-corrected chi connectivity index (χ0v) is 12.3. The van der Waals surface area contributed by atoms with E-state index in [4.69, 9.17) is 0 Å². The second-order valence-corrected chi connectivity index (χ2v) is 5.21. The summed E-state index contributed by atoms with van der Waals surface area (Å²) in [5, 5.41) is 9.54. The molecule has 4 aromatic heterocycles. The zero-order valence-electron chi connectivity index (χ0n) is 12.3. The molecule has 0 aliphatic rings. The molecule has 4 heterocycles. The van der Waals surface area contributed by atoms with Crippen LogP contribution in [0.15, 0.2) is 66.2 Å². The molecule has 0 atom stereocenters. The van der Waals surface area contributed by atoms with Gasteiger partial charge in [-0.2, -0.15) is 0 Å². The van der Waals surface area contributed by atoms with Gasteiger partial charge in [-0.1, -0.05) is 0 Å². The number of imidazole rings is 1. The monoisotopic (exact) mass is 322 g/mol. The predicted molar refractivity (Wildman–Crippen MR) is 85.6 cm³/mol. The van der Waals surface area contributed by atoms with Crippen LogP contribution >= 0.6 is 0 Å². The SMILES string of the molecule is O=c1ccn(-c2nccc(-c3ccc4nccn4c3)c2F)cc1O. The van der Waals surface area contributed by atoms with Crippen molar-refractivity contribution >= 4 is 5.65 Å². The number of nitrogens with zero attached hydrogens (tertiary/aromatic N) is 4. The van der Waals surface area contributed by atoms with Crippen molar-refractivity contribution in [3.8, 4) is 22.7 Å². The maximum atomic E-state index is 14.9. The van der Waals surface area contributed by atoms with Crippen LogP contribution in [0.2, 0.25) is 0 Å². The van der Waals surface area contributed by atoms with E-state index in [0.29, 0.717) is 11.1 Å². The molecule has 0 saturated heterocycles. The highest BCUT2D eigenvalue weighted by Gasteiger charge is 2.13. The summed E-state index contributed by atoms with van der Waals surface area (Å²) in [4.78, 5) is 19.5. The van der Waals surface area contributed by atoms with E-state index < -0.39 is 17.0 Å². The minimum absolute atomic E-state index is 0.00599. The molecule has 0 radical (unpaired) electrons. The molecule has 0 spiro atoms. The number of hydrogen-bond acceptors (Lipinski definition) is 4. The average molecular weight is 322 g/mol. The fraction of sp³-hybridized carbons (Fsp3) is 0. The molecule has 24 heavy (non-hydrogen) atoms. The molecule has 0 aromatic carbocycles. The fourth-order valence-electron chi connectivity index (χ4n) is 2.52. The summed E-state index contributed by atoms with van der Waals surface area (Å²) in [5.41, 5.74) is 1.24. The van der Waals surface area contributed by atoms with Gasteiger partial charge in [-0.15, -0.1) is 0 Å². The average Bonchev–Trinajstić information content (AvgIpc) is 3.05. The van der Waals surface area contributed by atoms with E-state index in [9.17, 15) is 14.3 Å². The van der Waals surface area contributed by atoms with Gasteiger partial charge < -0.3 is 14.1 Å². The van der Waals surface area contributed by atoms with Crippen LogP contribution in [0.1, 0.15) is 0 Å². The van der Waals surface area contributed by atoms with E-state index in [1.165, 1.54) is 17.0 Å². The fourth-order valence-corrected chi connectivity index (χ4v) is 2.52. The third-order valence-electron chi connectivity index (χ3n) is 3.72. The number of hydrogen-bond donors (Lipinski definition) is 1. The highest BCUT2D eigenvalue weighted by molar-refractivity contribution is 5.66. The lowest BCUT2D eigenvalue weighted by Crippen LogP contribution is -2.07. The Balaban J connectivity index is 1.88. The predicted octanol–water partition coefficient (Wildman–Crippen LogP) is 2.39. The Bertz CT molecular complexity index is 1120. The normalized spacial score (nSPS) is 11.0. The van der Waals surface area contributed by atoms with E-state index in [1.807, 2.05) is 0 Å². The van der Waals surface area contributed by atoms with Crippen LogP contribution in [0.25, 0.3) is 22.6 Å². The standard InChI is InChI=1S/C17H11FN4O2/c18-16-12(11-1-2-15-19-6-8-21(15)9-11)3-5-20-17(16)22-7-4-13(23)14(24)10-22/h1-10,24H. The van der Waals surface area contributed by atoms with E-state index in [0.717, 1.165) is 17.9 Å². The maximum absolute atomic E-state index is 14.9.